The van der Waals surface area contributed by atoms with Gasteiger partial charge in [-0.2, -0.15) is 0 Å². The summed E-state index contributed by atoms with van der Waals surface area (Å²) in [6, 6.07) is 18.1. The SMILES string of the molecule is C=CCN(C)C(=O)[C@@H]1[C@@H]2CCC3(S2)C(C(=O)N(CC=C)Cc2ccccc2)N([C@@H](CO)Cc2ccccc2)C(=O)[C@H]13. The summed E-state index contributed by atoms with van der Waals surface area (Å²) in [7, 11) is 1.74. The van der Waals surface area contributed by atoms with Crippen molar-refractivity contribution in [2.24, 2.45) is 11.8 Å². The average molecular weight is 574 g/mol. The molecule has 2 unspecified atom stereocenters. The van der Waals surface area contributed by atoms with Crippen LogP contribution in [0.1, 0.15) is 24.0 Å². The lowest BCUT2D eigenvalue weighted by Crippen LogP contribution is -2.57. The first-order valence-corrected chi connectivity index (χ1v) is 15.2. The lowest BCUT2D eigenvalue weighted by atomic mass is 9.70. The Morgan fingerprint density at radius 2 is 1.68 bits per heavy atom. The van der Waals surface area contributed by atoms with Crippen LogP contribution in [-0.2, 0) is 27.3 Å². The third-order valence-corrected chi connectivity index (χ3v) is 10.8. The normalized spacial score (nSPS) is 26.9. The van der Waals surface area contributed by atoms with Crippen LogP contribution in [0.3, 0.4) is 0 Å². The van der Waals surface area contributed by atoms with Gasteiger partial charge in [0.05, 0.1) is 29.2 Å². The van der Waals surface area contributed by atoms with E-state index in [1.165, 1.54) is 0 Å². The molecule has 216 valence electrons. The Morgan fingerprint density at radius 1 is 1.05 bits per heavy atom. The van der Waals surface area contributed by atoms with Gasteiger partial charge in [0.2, 0.25) is 17.7 Å². The van der Waals surface area contributed by atoms with E-state index in [2.05, 4.69) is 13.2 Å². The molecular formula is C33H39N3O4S. The van der Waals surface area contributed by atoms with E-state index in [-0.39, 0.29) is 29.6 Å². The number of amides is 3. The molecule has 3 aliphatic rings. The molecule has 1 spiro atoms. The maximum Gasteiger partial charge on any atom is 0.247 e. The minimum Gasteiger partial charge on any atom is -0.394 e. The first-order valence-electron chi connectivity index (χ1n) is 14.3. The molecule has 8 heteroatoms. The van der Waals surface area contributed by atoms with Gasteiger partial charge in [-0.1, -0.05) is 72.8 Å². The maximum absolute atomic E-state index is 14.7. The summed E-state index contributed by atoms with van der Waals surface area (Å²) in [6.45, 7) is 8.49. The van der Waals surface area contributed by atoms with Gasteiger partial charge in [-0.05, 0) is 30.4 Å². The number of rotatable bonds is 12. The van der Waals surface area contributed by atoms with Gasteiger partial charge >= 0.3 is 0 Å². The molecule has 6 atom stereocenters. The van der Waals surface area contributed by atoms with E-state index in [0.29, 0.717) is 32.5 Å². The second-order valence-corrected chi connectivity index (χ2v) is 12.9. The van der Waals surface area contributed by atoms with E-state index < -0.39 is 28.7 Å². The van der Waals surface area contributed by atoms with Crippen molar-refractivity contribution < 1.29 is 19.5 Å². The summed E-state index contributed by atoms with van der Waals surface area (Å²) < 4.78 is -0.728. The number of thioether (sulfide) groups is 1. The zero-order valence-corrected chi connectivity index (χ0v) is 24.4. The van der Waals surface area contributed by atoms with Gasteiger partial charge in [-0.25, -0.2) is 0 Å². The number of hydrogen-bond donors (Lipinski definition) is 1. The van der Waals surface area contributed by atoms with Crippen LogP contribution in [0.2, 0.25) is 0 Å². The summed E-state index contributed by atoms with van der Waals surface area (Å²) in [5, 5.41) is 10.7. The second kappa shape index (κ2) is 12.2. The van der Waals surface area contributed by atoms with Gasteiger partial charge in [0, 0.05) is 31.9 Å². The molecule has 3 saturated heterocycles. The highest BCUT2D eigenvalue weighted by Crippen LogP contribution is 2.67. The lowest BCUT2D eigenvalue weighted by molar-refractivity contribution is -0.147. The summed E-state index contributed by atoms with van der Waals surface area (Å²) in [5.74, 6) is -1.56. The van der Waals surface area contributed by atoms with Crippen molar-refractivity contribution in [3.63, 3.8) is 0 Å². The molecule has 2 aromatic carbocycles. The molecule has 2 bridgehead atoms. The lowest BCUT2D eigenvalue weighted by Gasteiger charge is -2.39. The fraction of sp³-hybridized carbons (Fsp3) is 0.424. The minimum atomic E-state index is -0.790. The number of hydrogen-bond acceptors (Lipinski definition) is 5. The number of carbonyl (C=O) groups excluding carboxylic acids is 3. The van der Waals surface area contributed by atoms with E-state index >= 15 is 0 Å². The number of nitrogens with zero attached hydrogens (tertiary/aromatic N) is 3. The number of aliphatic hydroxyl groups excluding tert-OH is 1. The molecule has 0 aliphatic carbocycles. The summed E-state index contributed by atoms with van der Waals surface area (Å²) >= 11 is 1.65. The van der Waals surface area contributed by atoms with E-state index in [9.17, 15) is 19.5 Å². The highest BCUT2D eigenvalue weighted by atomic mass is 32.2. The van der Waals surface area contributed by atoms with Crippen LogP contribution in [-0.4, -0.2) is 86.4 Å². The molecular weight excluding hydrogens is 534 g/mol. The van der Waals surface area contributed by atoms with Gasteiger partial charge < -0.3 is 19.8 Å². The summed E-state index contributed by atoms with van der Waals surface area (Å²) in [4.78, 5) is 48.0. The smallest absolute Gasteiger partial charge is 0.247 e. The molecule has 5 rings (SSSR count). The molecule has 3 fully saturated rings. The Balaban J connectivity index is 1.57. The molecule has 2 aromatic rings. The Bertz CT molecular complexity index is 1290. The van der Waals surface area contributed by atoms with Crippen molar-refractivity contribution in [1.82, 2.24) is 14.7 Å². The van der Waals surface area contributed by atoms with Crippen molar-refractivity contribution in [2.45, 2.75) is 47.9 Å². The summed E-state index contributed by atoms with van der Waals surface area (Å²) in [6.07, 6.45) is 5.26. The molecule has 0 aromatic heterocycles. The van der Waals surface area contributed by atoms with Gasteiger partial charge in [0.15, 0.2) is 0 Å². The zero-order chi connectivity index (χ0) is 29.1. The first kappa shape index (κ1) is 29.1. The van der Waals surface area contributed by atoms with Crippen LogP contribution in [0.25, 0.3) is 0 Å². The van der Waals surface area contributed by atoms with Crippen LogP contribution in [0.15, 0.2) is 86.0 Å². The molecule has 41 heavy (non-hydrogen) atoms. The molecule has 7 nitrogen and oxygen atoms in total. The topological polar surface area (TPSA) is 81.2 Å². The molecule has 1 N–H and O–H groups in total. The van der Waals surface area contributed by atoms with E-state index in [4.69, 9.17) is 0 Å². The number of aliphatic hydroxyl groups is 1. The number of likely N-dealkylation sites (tertiary alicyclic amines) is 1. The van der Waals surface area contributed by atoms with Crippen molar-refractivity contribution in [1.29, 1.82) is 0 Å². The van der Waals surface area contributed by atoms with Crippen LogP contribution in [0.4, 0.5) is 0 Å². The molecule has 3 aliphatic heterocycles. The minimum absolute atomic E-state index is 0.0233. The Hall–Kier alpha value is -3.36. The van der Waals surface area contributed by atoms with Gasteiger partial charge in [-0.15, -0.1) is 24.9 Å². The number of likely N-dealkylation sites (N-methyl/N-ethyl adjacent to an activating group) is 1. The third kappa shape index (κ3) is 5.24. The van der Waals surface area contributed by atoms with Crippen molar-refractivity contribution in [3.8, 4) is 0 Å². The second-order valence-electron chi connectivity index (χ2n) is 11.3. The fourth-order valence-electron chi connectivity index (χ4n) is 7.09. The molecule has 3 heterocycles. The Labute approximate surface area is 246 Å². The van der Waals surface area contributed by atoms with Crippen LogP contribution >= 0.6 is 11.8 Å². The van der Waals surface area contributed by atoms with Crippen LogP contribution in [0, 0.1) is 11.8 Å². The monoisotopic (exact) mass is 573 g/mol. The molecule has 0 saturated carbocycles. The molecule has 3 amide bonds. The standard InChI is InChI=1S/C33H39N3O4S/c1-4-18-34(3)30(38)27-26-16-17-33(41-26)28(27)31(39)36(25(22-37)20-23-12-8-6-9-13-23)29(33)32(40)35(19-5-2)21-24-14-10-7-11-15-24/h4-15,25-29,37H,1-2,16-22H2,3H3/t25-,26+,27-,28+,29?,33?/m1/s1. The number of carbonyl (C=O) groups is 3. The predicted molar refractivity (Wildman–Crippen MR) is 162 cm³/mol. The van der Waals surface area contributed by atoms with E-state index in [0.717, 1.165) is 17.5 Å². The number of fused-ring (bicyclic) bond motifs is 1. The van der Waals surface area contributed by atoms with Crippen molar-refractivity contribution in [3.05, 3.63) is 97.1 Å². The predicted octanol–water partition coefficient (Wildman–Crippen LogP) is 3.54. The largest absolute Gasteiger partial charge is 0.394 e. The summed E-state index contributed by atoms with van der Waals surface area (Å²) in [5.41, 5.74) is 1.96. The van der Waals surface area contributed by atoms with Gasteiger partial charge in [0.1, 0.15) is 6.04 Å². The van der Waals surface area contributed by atoms with Crippen molar-refractivity contribution in [2.75, 3.05) is 26.7 Å². The third-order valence-electron chi connectivity index (χ3n) is 8.83. The quantitative estimate of drug-likeness (QED) is 0.393. The number of benzene rings is 2. The van der Waals surface area contributed by atoms with Gasteiger partial charge in [-0.3, -0.25) is 14.4 Å². The highest BCUT2D eigenvalue weighted by Gasteiger charge is 2.74. The van der Waals surface area contributed by atoms with Crippen LogP contribution in [0.5, 0.6) is 0 Å². The zero-order valence-electron chi connectivity index (χ0n) is 23.6. The highest BCUT2D eigenvalue weighted by molar-refractivity contribution is 8.02. The average Bonchev–Trinajstić information content (AvgIpc) is 3.63. The fourth-order valence-corrected chi connectivity index (χ4v) is 9.28. The van der Waals surface area contributed by atoms with Crippen LogP contribution < -0.4 is 0 Å². The Morgan fingerprint density at radius 3 is 2.29 bits per heavy atom. The van der Waals surface area contributed by atoms with Crippen molar-refractivity contribution >= 4 is 29.5 Å². The van der Waals surface area contributed by atoms with E-state index in [1.54, 1.807) is 45.7 Å². The Kier molecular flexibility index (Phi) is 8.71. The first-order chi connectivity index (χ1) is 19.9. The molecule has 0 radical (unpaired) electrons. The van der Waals surface area contributed by atoms with Gasteiger partial charge in [0.25, 0.3) is 0 Å². The van der Waals surface area contributed by atoms with E-state index in [1.807, 2.05) is 60.7 Å². The maximum atomic E-state index is 14.7.